The first-order valence-electron chi connectivity index (χ1n) is 8.13. The Labute approximate surface area is 144 Å². The van der Waals surface area contributed by atoms with Gasteiger partial charge in [-0.3, -0.25) is 4.79 Å². The molecule has 0 amide bonds. The van der Waals surface area contributed by atoms with Crippen molar-refractivity contribution in [1.29, 1.82) is 0 Å². The Morgan fingerprint density at radius 2 is 2.21 bits per heavy atom. The Balaban J connectivity index is 1.79. The average molecular weight is 338 g/mol. The number of nitrogens with zero attached hydrogens (tertiary/aromatic N) is 4. The van der Waals surface area contributed by atoms with E-state index in [1.165, 1.54) is 11.1 Å². The highest BCUT2D eigenvalue weighted by molar-refractivity contribution is 7.99. The van der Waals surface area contributed by atoms with Gasteiger partial charge in [0.05, 0.1) is 11.3 Å². The Morgan fingerprint density at radius 1 is 1.33 bits per heavy atom. The van der Waals surface area contributed by atoms with Gasteiger partial charge in [0.2, 0.25) is 5.16 Å². The van der Waals surface area contributed by atoms with Crippen molar-refractivity contribution in [2.75, 3.05) is 5.75 Å². The number of thioether (sulfide) groups is 1. The van der Waals surface area contributed by atoms with Gasteiger partial charge in [0, 0.05) is 12.6 Å². The van der Waals surface area contributed by atoms with Crippen molar-refractivity contribution in [3.63, 3.8) is 0 Å². The van der Waals surface area contributed by atoms with Gasteiger partial charge in [-0.25, -0.2) is 4.98 Å². The molecule has 1 aliphatic carbocycles. The van der Waals surface area contributed by atoms with E-state index in [-0.39, 0.29) is 11.7 Å². The highest BCUT2D eigenvalue weighted by Crippen LogP contribution is 2.33. The summed E-state index contributed by atoms with van der Waals surface area (Å²) in [5.74, 6) is 1.80. The number of fused-ring (bicyclic) bond motifs is 3. The predicted molar refractivity (Wildman–Crippen MR) is 93.8 cm³/mol. The maximum absolute atomic E-state index is 12.6. The van der Waals surface area contributed by atoms with Crippen LogP contribution in [0, 0.1) is 6.92 Å². The van der Waals surface area contributed by atoms with Gasteiger partial charge >= 0.3 is 0 Å². The molecule has 0 saturated heterocycles. The van der Waals surface area contributed by atoms with Crippen molar-refractivity contribution in [3.05, 3.63) is 52.8 Å². The number of carbonyl (C=O) groups is 1. The summed E-state index contributed by atoms with van der Waals surface area (Å²) in [6.45, 7) is 4.15. The molecular formula is C18H18N4OS. The van der Waals surface area contributed by atoms with Crippen LogP contribution in [0.5, 0.6) is 0 Å². The zero-order valence-corrected chi connectivity index (χ0v) is 14.5. The highest BCUT2D eigenvalue weighted by atomic mass is 32.2. The van der Waals surface area contributed by atoms with Crippen molar-refractivity contribution in [1.82, 2.24) is 19.6 Å². The van der Waals surface area contributed by atoms with E-state index in [2.05, 4.69) is 53.2 Å². The van der Waals surface area contributed by atoms with Gasteiger partial charge in [-0.2, -0.15) is 9.50 Å². The first-order valence-corrected chi connectivity index (χ1v) is 9.11. The van der Waals surface area contributed by atoms with E-state index in [0.29, 0.717) is 22.9 Å². The molecule has 5 nitrogen and oxygen atoms in total. The zero-order valence-electron chi connectivity index (χ0n) is 13.7. The third-order valence-corrected chi connectivity index (χ3v) is 5.13. The number of rotatable bonds is 3. The van der Waals surface area contributed by atoms with Gasteiger partial charge in [0.25, 0.3) is 5.78 Å². The summed E-state index contributed by atoms with van der Waals surface area (Å²) in [5, 5.41) is 5.26. The highest BCUT2D eigenvalue weighted by Gasteiger charge is 2.29. The molecule has 0 N–H and O–H groups in total. The summed E-state index contributed by atoms with van der Waals surface area (Å²) < 4.78 is 1.76. The Bertz CT molecular complexity index is 934. The lowest BCUT2D eigenvalue weighted by Gasteiger charge is -2.24. The molecule has 0 bridgehead atoms. The molecule has 1 atom stereocenters. The number of hydrogen-bond donors (Lipinski definition) is 0. The standard InChI is InChI=1S/C18H18N4OS/c1-3-24-18-20-17-19-10-14-15(22(17)21-18)8-13(9-16(14)23)12-6-4-5-11(2)7-12/h4-7,10,13H,3,8-9H2,1-2H3. The van der Waals surface area contributed by atoms with Crippen molar-refractivity contribution < 1.29 is 4.79 Å². The molecule has 1 aromatic carbocycles. The quantitative estimate of drug-likeness (QED) is 0.685. The maximum atomic E-state index is 12.6. The number of ketones is 1. The first-order chi connectivity index (χ1) is 11.7. The van der Waals surface area contributed by atoms with Crippen molar-refractivity contribution in [2.45, 2.75) is 37.8 Å². The summed E-state index contributed by atoms with van der Waals surface area (Å²) in [6.07, 6.45) is 2.96. The molecule has 122 valence electrons. The van der Waals surface area contributed by atoms with E-state index >= 15 is 0 Å². The molecular weight excluding hydrogens is 320 g/mol. The molecule has 4 rings (SSSR count). The van der Waals surface area contributed by atoms with Gasteiger partial charge in [0.1, 0.15) is 0 Å². The minimum absolute atomic E-state index is 0.136. The molecule has 2 heterocycles. The Kier molecular flexibility index (Phi) is 3.84. The molecule has 2 aromatic heterocycles. The predicted octanol–water partition coefficient (Wildman–Crippen LogP) is 3.46. The van der Waals surface area contributed by atoms with E-state index < -0.39 is 0 Å². The van der Waals surface area contributed by atoms with E-state index in [1.807, 2.05) is 0 Å². The van der Waals surface area contributed by atoms with Crippen molar-refractivity contribution in [2.24, 2.45) is 0 Å². The van der Waals surface area contributed by atoms with Crippen LogP contribution in [0.2, 0.25) is 0 Å². The number of Topliss-reactive ketones (excluding diaryl/α,β-unsaturated/α-hetero) is 1. The lowest BCUT2D eigenvalue weighted by atomic mass is 9.82. The molecule has 0 spiro atoms. The van der Waals surface area contributed by atoms with E-state index in [9.17, 15) is 4.79 Å². The SMILES string of the molecule is CCSc1nc2ncc3c(n2n1)CC(c1cccc(C)c1)CC3=O. The fraction of sp³-hybridized carbons (Fsp3) is 0.333. The molecule has 0 fully saturated rings. The van der Waals surface area contributed by atoms with Crippen LogP contribution >= 0.6 is 11.8 Å². The largest absolute Gasteiger partial charge is 0.294 e. The monoisotopic (exact) mass is 338 g/mol. The smallest absolute Gasteiger partial charge is 0.253 e. The number of aromatic nitrogens is 4. The summed E-state index contributed by atoms with van der Waals surface area (Å²) in [7, 11) is 0. The molecule has 6 heteroatoms. The lowest BCUT2D eigenvalue weighted by Crippen LogP contribution is -2.22. The van der Waals surface area contributed by atoms with Gasteiger partial charge in [-0.05, 0) is 30.6 Å². The number of benzene rings is 1. The topological polar surface area (TPSA) is 60.1 Å². The second-order valence-electron chi connectivity index (χ2n) is 6.10. The Morgan fingerprint density at radius 3 is 3.00 bits per heavy atom. The minimum atomic E-state index is 0.136. The van der Waals surface area contributed by atoms with Crippen LogP contribution in [0.25, 0.3) is 5.78 Å². The molecule has 1 aliphatic rings. The molecule has 3 aromatic rings. The number of hydrogen-bond acceptors (Lipinski definition) is 5. The van der Waals surface area contributed by atoms with E-state index in [4.69, 9.17) is 0 Å². The number of aryl methyl sites for hydroxylation is 1. The van der Waals surface area contributed by atoms with Crippen LogP contribution in [0.15, 0.2) is 35.6 Å². The average Bonchev–Trinajstić information content (AvgIpc) is 2.98. The summed E-state index contributed by atoms with van der Waals surface area (Å²) >= 11 is 1.58. The van der Waals surface area contributed by atoms with Crippen LogP contribution in [-0.2, 0) is 6.42 Å². The minimum Gasteiger partial charge on any atom is -0.294 e. The fourth-order valence-electron chi connectivity index (χ4n) is 3.28. The molecule has 0 aliphatic heterocycles. The third-order valence-electron chi connectivity index (χ3n) is 4.41. The van der Waals surface area contributed by atoms with Gasteiger partial charge in [0.15, 0.2) is 5.78 Å². The molecule has 1 unspecified atom stereocenters. The number of carbonyl (C=O) groups excluding carboxylic acids is 1. The van der Waals surface area contributed by atoms with Gasteiger partial charge in [-0.15, -0.1) is 5.10 Å². The van der Waals surface area contributed by atoms with Crippen LogP contribution in [0.1, 0.15) is 46.4 Å². The summed E-state index contributed by atoms with van der Waals surface area (Å²) in [4.78, 5) is 21.4. The second kappa shape index (κ2) is 6.02. The van der Waals surface area contributed by atoms with E-state index in [1.54, 1.807) is 22.5 Å². The van der Waals surface area contributed by atoms with Gasteiger partial charge in [-0.1, -0.05) is 48.5 Å². The normalized spacial score (nSPS) is 17.2. The summed E-state index contributed by atoms with van der Waals surface area (Å²) in [6, 6.07) is 8.41. The molecule has 0 saturated carbocycles. The third kappa shape index (κ3) is 2.60. The van der Waals surface area contributed by atoms with E-state index in [0.717, 1.165) is 17.9 Å². The van der Waals surface area contributed by atoms with Crippen LogP contribution in [-0.4, -0.2) is 31.1 Å². The van der Waals surface area contributed by atoms with Gasteiger partial charge < -0.3 is 0 Å². The van der Waals surface area contributed by atoms with Crippen LogP contribution in [0.4, 0.5) is 0 Å². The van der Waals surface area contributed by atoms with Crippen LogP contribution in [0.3, 0.4) is 0 Å². The van der Waals surface area contributed by atoms with Crippen LogP contribution < -0.4 is 0 Å². The Hall–Kier alpha value is -2.21. The second-order valence-corrected chi connectivity index (χ2v) is 7.33. The summed E-state index contributed by atoms with van der Waals surface area (Å²) in [5.41, 5.74) is 4.04. The lowest BCUT2D eigenvalue weighted by molar-refractivity contribution is 0.0962. The maximum Gasteiger partial charge on any atom is 0.253 e. The first kappa shape index (κ1) is 15.3. The molecule has 0 radical (unpaired) electrons. The zero-order chi connectivity index (χ0) is 16.7. The van der Waals surface area contributed by atoms with Crippen molar-refractivity contribution >= 4 is 23.3 Å². The fourth-order valence-corrected chi connectivity index (χ4v) is 3.82. The van der Waals surface area contributed by atoms with Crippen molar-refractivity contribution in [3.8, 4) is 0 Å². The molecule has 24 heavy (non-hydrogen) atoms.